The minimum Gasteiger partial charge on any atom is -0.327 e. The molecule has 4 aromatic heterocycles. The number of hydrogen-bond acceptors (Lipinski definition) is 3. The predicted molar refractivity (Wildman–Crippen MR) is 167 cm³/mol. The van der Waals surface area contributed by atoms with Gasteiger partial charge in [0.05, 0.1) is 33.5 Å². The molecule has 4 heterocycles. The molecular formula is C35H24N4S. The highest BCUT2D eigenvalue weighted by Gasteiger charge is 2.16. The summed E-state index contributed by atoms with van der Waals surface area (Å²) in [4.78, 5) is 9.98. The zero-order valence-electron chi connectivity index (χ0n) is 21.8. The topological polar surface area (TPSA) is 35.6 Å². The maximum Gasteiger partial charge on any atom is 0.140 e. The summed E-state index contributed by atoms with van der Waals surface area (Å²) in [5.74, 6) is 0.961. The maximum absolute atomic E-state index is 5.00. The minimum absolute atomic E-state index is 0.961. The molecule has 190 valence electrons. The fourth-order valence-corrected chi connectivity index (χ4v) is 6.41. The third kappa shape index (κ3) is 3.59. The van der Waals surface area contributed by atoms with Gasteiger partial charge < -0.3 is 9.13 Å². The van der Waals surface area contributed by atoms with Crippen LogP contribution in [0.2, 0.25) is 0 Å². The van der Waals surface area contributed by atoms with E-state index in [9.17, 15) is 0 Å². The molecule has 0 aliphatic carbocycles. The fraction of sp³-hybridized carbons (Fsp3) is 0.0286. The minimum atomic E-state index is 0.961. The van der Waals surface area contributed by atoms with Crippen molar-refractivity contribution in [3.05, 3.63) is 126 Å². The number of benzene rings is 4. The van der Waals surface area contributed by atoms with E-state index in [0.717, 1.165) is 56.1 Å². The predicted octanol–water partition coefficient (Wildman–Crippen LogP) is 9.13. The molecule has 0 bridgehead atoms. The molecule has 0 atom stereocenters. The van der Waals surface area contributed by atoms with Crippen molar-refractivity contribution in [2.75, 3.05) is 0 Å². The van der Waals surface area contributed by atoms with Crippen molar-refractivity contribution in [1.29, 1.82) is 0 Å². The second kappa shape index (κ2) is 9.04. The lowest BCUT2D eigenvalue weighted by Gasteiger charge is -2.11. The Morgan fingerprint density at radius 2 is 1.35 bits per heavy atom. The number of imidazole rings is 1. The Bertz CT molecular complexity index is 2180. The summed E-state index contributed by atoms with van der Waals surface area (Å²) in [5.41, 5.74) is 10.9. The third-order valence-corrected chi connectivity index (χ3v) is 8.37. The Kier molecular flexibility index (Phi) is 5.18. The highest BCUT2D eigenvalue weighted by Crippen LogP contribution is 2.36. The van der Waals surface area contributed by atoms with E-state index in [0.29, 0.717) is 0 Å². The number of aryl methyl sites for hydroxylation is 1. The molecule has 8 rings (SSSR count). The van der Waals surface area contributed by atoms with Crippen molar-refractivity contribution >= 4 is 44.2 Å². The average molecular weight is 533 g/mol. The first kappa shape index (κ1) is 22.9. The summed E-state index contributed by atoms with van der Waals surface area (Å²) in [6.07, 6.45) is 0. The Balaban J connectivity index is 1.32. The lowest BCUT2D eigenvalue weighted by molar-refractivity contribution is 0.959. The molecule has 0 saturated heterocycles. The lowest BCUT2D eigenvalue weighted by atomic mass is 10.1. The normalized spacial score (nSPS) is 11.6. The monoisotopic (exact) mass is 532 g/mol. The van der Waals surface area contributed by atoms with Crippen LogP contribution in [0.5, 0.6) is 0 Å². The van der Waals surface area contributed by atoms with E-state index in [2.05, 4.69) is 136 Å². The number of rotatable bonds is 4. The van der Waals surface area contributed by atoms with Crippen LogP contribution in [0.3, 0.4) is 0 Å². The van der Waals surface area contributed by atoms with Gasteiger partial charge in [0.25, 0.3) is 0 Å². The van der Waals surface area contributed by atoms with Crippen LogP contribution in [0.4, 0.5) is 0 Å². The van der Waals surface area contributed by atoms with Crippen molar-refractivity contribution in [1.82, 2.24) is 19.1 Å². The highest BCUT2D eigenvalue weighted by atomic mass is 32.1. The number of pyridine rings is 1. The Labute approximate surface area is 235 Å². The van der Waals surface area contributed by atoms with E-state index >= 15 is 0 Å². The zero-order chi connectivity index (χ0) is 26.6. The van der Waals surface area contributed by atoms with Gasteiger partial charge in [-0.25, -0.2) is 9.97 Å². The molecule has 0 amide bonds. The molecule has 4 nitrogen and oxygen atoms in total. The molecule has 0 aliphatic rings. The molecule has 0 fully saturated rings. The summed E-state index contributed by atoms with van der Waals surface area (Å²) >= 11 is 1.69. The van der Waals surface area contributed by atoms with Crippen molar-refractivity contribution < 1.29 is 0 Å². The number of thiophene rings is 1. The van der Waals surface area contributed by atoms with Gasteiger partial charge in [0.1, 0.15) is 5.82 Å². The quantitative estimate of drug-likeness (QED) is 0.227. The van der Waals surface area contributed by atoms with Crippen molar-refractivity contribution in [3.63, 3.8) is 0 Å². The molecule has 0 spiro atoms. The van der Waals surface area contributed by atoms with Gasteiger partial charge in [-0.3, -0.25) is 0 Å². The maximum atomic E-state index is 5.00. The van der Waals surface area contributed by atoms with Crippen LogP contribution in [0.1, 0.15) is 0 Å². The summed E-state index contributed by atoms with van der Waals surface area (Å²) in [5, 5.41) is 6.69. The van der Waals surface area contributed by atoms with E-state index in [4.69, 9.17) is 9.97 Å². The van der Waals surface area contributed by atoms with Crippen LogP contribution in [0.15, 0.2) is 126 Å². The Hall–Kier alpha value is -5.00. The molecule has 5 heteroatoms. The molecule has 4 aromatic carbocycles. The largest absolute Gasteiger partial charge is 0.327 e. The number of nitrogens with zero attached hydrogens (tertiary/aromatic N) is 4. The van der Waals surface area contributed by atoms with Crippen LogP contribution < -0.4 is 0 Å². The van der Waals surface area contributed by atoms with Gasteiger partial charge in [-0.1, -0.05) is 60.7 Å². The Morgan fingerprint density at radius 1 is 0.575 bits per heavy atom. The van der Waals surface area contributed by atoms with Crippen molar-refractivity contribution in [2.45, 2.75) is 0 Å². The molecule has 0 saturated carbocycles. The van der Waals surface area contributed by atoms with E-state index < -0.39 is 0 Å². The lowest BCUT2D eigenvalue weighted by Crippen LogP contribution is -1.96. The summed E-state index contributed by atoms with van der Waals surface area (Å²) < 4.78 is 4.54. The van der Waals surface area contributed by atoms with Gasteiger partial charge in [-0.15, -0.1) is 0 Å². The van der Waals surface area contributed by atoms with E-state index in [1.165, 1.54) is 16.3 Å². The fourth-order valence-electron chi connectivity index (χ4n) is 5.76. The second-order valence-corrected chi connectivity index (χ2v) is 10.8. The van der Waals surface area contributed by atoms with Gasteiger partial charge >= 0.3 is 0 Å². The first-order valence-corrected chi connectivity index (χ1v) is 14.2. The van der Waals surface area contributed by atoms with Crippen molar-refractivity contribution in [2.24, 2.45) is 7.05 Å². The number of para-hydroxylation sites is 3. The van der Waals surface area contributed by atoms with Crippen LogP contribution in [0, 0.1) is 0 Å². The van der Waals surface area contributed by atoms with E-state index in [-0.39, 0.29) is 0 Å². The van der Waals surface area contributed by atoms with Gasteiger partial charge in [0.2, 0.25) is 0 Å². The summed E-state index contributed by atoms with van der Waals surface area (Å²) in [6, 6.07) is 40.7. The molecule has 0 radical (unpaired) electrons. The van der Waals surface area contributed by atoms with Crippen LogP contribution >= 0.6 is 11.3 Å². The molecule has 40 heavy (non-hydrogen) atoms. The standard InChI is InChI=1S/C35H24N4S/c1-38-33-15-5-3-11-31(33)37-35(38)24-16-17-28-27-10-2-4-14-32(27)39(34(28)21-24)26-9-6-8-23(20-26)29-12-7-13-30(36-29)25-18-19-40-22-25/h2-22H,1H3. The van der Waals surface area contributed by atoms with E-state index in [1.807, 2.05) is 6.07 Å². The van der Waals surface area contributed by atoms with Gasteiger partial charge in [0.15, 0.2) is 0 Å². The molecule has 8 aromatic rings. The first-order valence-electron chi connectivity index (χ1n) is 13.3. The van der Waals surface area contributed by atoms with Gasteiger partial charge in [0, 0.05) is 45.6 Å². The number of aromatic nitrogens is 4. The van der Waals surface area contributed by atoms with E-state index in [1.54, 1.807) is 11.3 Å². The van der Waals surface area contributed by atoms with Crippen molar-refractivity contribution in [3.8, 4) is 39.6 Å². The third-order valence-electron chi connectivity index (χ3n) is 7.69. The van der Waals surface area contributed by atoms with Gasteiger partial charge in [-0.05, 0) is 60.0 Å². The Morgan fingerprint density at radius 3 is 2.20 bits per heavy atom. The molecule has 0 N–H and O–H groups in total. The molecular weight excluding hydrogens is 508 g/mol. The number of hydrogen-bond donors (Lipinski definition) is 0. The SMILES string of the molecule is Cn1c(-c2ccc3c4ccccc4n(-c4cccc(-c5cccc(-c6ccsc6)n5)c4)c3c2)nc2ccccc21. The van der Waals surface area contributed by atoms with Gasteiger partial charge in [-0.2, -0.15) is 11.3 Å². The zero-order valence-corrected chi connectivity index (χ0v) is 22.6. The smallest absolute Gasteiger partial charge is 0.140 e. The van der Waals surface area contributed by atoms with Crippen LogP contribution in [-0.2, 0) is 7.05 Å². The van der Waals surface area contributed by atoms with Crippen LogP contribution in [0.25, 0.3) is 72.4 Å². The highest BCUT2D eigenvalue weighted by molar-refractivity contribution is 7.08. The summed E-state index contributed by atoms with van der Waals surface area (Å²) in [6.45, 7) is 0. The number of fused-ring (bicyclic) bond motifs is 4. The van der Waals surface area contributed by atoms with Crippen LogP contribution in [-0.4, -0.2) is 19.1 Å². The second-order valence-electron chi connectivity index (χ2n) is 10.0. The summed E-state index contributed by atoms with van der Waals surface area (Å²) in [7, 11) is 2.09. The molecule has 0 unspecified atom stereocenters. The first-order chi connectivity index (χ1) is 19.7. The average Bonchev–Trinajstić information content (AvgIpc) is 3.74. The molecule has 0 aliphatic heterocycles.